The van der Waals surface area contributed by atoms with Gasteiger partial charge >= 0.3 is 5.97 Å². The second-order valence-electron chi connectivity index (χ2n) is 2.29. The van der Waals surface area contributed by atoms with Crippen LogP contribution in [-0.4, -0.2) is 30.8 Å². The third kappa shape index (κ3) is 5.01. The minimum atomic E-state index is -0.345. The zero-order chi connectivity index (χ0) is 9.56. The van der Waals surface area contributed by atoms with Crippen LogP contribution in [0.5, 0.6) is 0 Å². The number of rotatable bonds is 4. The Hall–Kier alpha value is -0.710. The van der Waals surface area contributed by atoms with E-state index in [-0.39, 0.29) is 23.5 Å². The first-order valence-electron chi connectivity index (χ1n) is 3.60. The fourth-order valence-corrected chi connectivity index (χ4v) is 0.629. The predicted molar refractivity (Wildman–Crippen MR) is 48.1 cm³/mol. The Bertz CT molecular complexity index is 170. The number of methoxy groups -OCH3 is 1. The first-order valence-corrected chi connectivity index (χ1v) is 4.12. The van der Waals surface area contributed by atoms with Gasteiger partial charge in [0.2, 0.25) is 5.91 Å². The minimum absolute atomic E-state index is 0.178. The van der Waals surface area contributed by atoms with Crippen LogP contribution in [-0.2, 0) is 14.3 Å². The number of nitrogens with one attached hydrogen (secondary N) is 1. The molecule has 0 aromatic rings. The Morgan fingerprint density at radius 2 is 2.17 bits per heavy atom. The van der Waals surface area contributed by atoms with Crippen molar-refractivity contribution >= 4 is 24.5 Å². The summed E-state index contributed by atoms with van der Waals surface area (Å²) in [6.45, 7) is 1.97. The van der Waals surface area contributed by atoms with Crippen molar-refractivity contribution in [2.75, 3.05) is 13.7 Å². The normalized spacial score (nSPS) is 11.9. The molecule has 4 nitrogen and oxygen atoms in total. The highest BCUT2D eigenvalue weighted by Crippen LogP contribution is 1.91. The molecule has 0 fully saturated rings. The molecular formula is C7H13NO3S. The van der Waals surface area contributed by atoms with Gasteiger partial charge in [0, 0.05) is 6.54 Å². The summed E-state index contributed by atoms with van der Waals surface area (Å²) < 4.78 is 4.38. The number of hydrogen-bond acceptors (Lipinski definition) is 4. The van der Waals surface area contributed by atoms with E-state index in [4.69, 9.17) is 0 Å². The van der Waals surface area contributed by atoms with Gasteiger partial charge in [-0.3, -0.25) is 9.59 Å². The molecule has 0 aromatic carbocycles. The van der Waals surface area contributed by atoms with Crippen molar-refractivity contribution in [1.29, 1.82) is 0 Å². The molecule has 0 saturated heterocycles. The number of thiol groups is 1. The number of carbonyl (C=O) groups is 2. The molecule has 0 aliphatic heterocycles. The lowest BCUT2D eigenvalue weighted by Gasteiger charge is -2.05. The van der Waals surface area contributed by atoms with Gasteiger partial charge in [0.25, 0.3) is 0 Å². The lowest BCUT2D eigenvalue weighted by Crippen LogP contribution is -2.31. The summed E-state index contributed by atoms with van der Waals surface area (Å²) in [6.07, 6.45) is 0.197. The Balaban J connectivity index is 3.44. The number of amides is 1. The van der Waals surface area contributed by atoms with Gasteiger partial charge in [-0.05, 0) is 6.92 Å². The molecule has 0 aliphatic carbocycles. The van der Waals surface area contributed by atoms with E-state index in [9.17, 15) is 9.59 Å². The Labute approximate surface area is 77.1 Å². The maximum Gasteiger partial charge on any atom is 0.307 e. The molecule has 1 atom stereocenters. The minimum Gasteiger partial charge on any atom is -0.469 e. The summed E-state index contributed by atoms with van der Waals surface area (Å²) in [7, 11) is 1.31. The first kappa shape index (κ1) is 11.3. The highest BCUT2D eigenvalue weighted by Gasteiger charge is 2.07. The second kappa shape index (κ2) is 5.88. The van der Waals surface area contributed by atoms with Crippen LogP contribution in [0.25, 0.3) is 0 Å². The van der Waals surface area contributed by atoms with E-state index in [0.29, 0.717) is 6.54 Å². The van der Waals surface area contributed by atoms with Crippen molar-refractivity contribution in [3.8, 4) is 0 Å². The van der Waals surface area contributed by atoms with Crippen LogP contribution in [0, 0.1) is 0 Å². The smallest absolute Gasteiger partial charge is 0.307 e. The van der Waals surface area contributed by atoms with Crippen molar-refractivity contribution < 1.29 is 14.3 Å². The summed E-state index contributed by atoms with van der Waals surface area (Å²) in [5, 5.41) is 2.19. The highest BCUT2D eigenvalue weighted by atomic mass is 32.1. The van der Waals surface area contributed by atoms with Crippen molar-refractivity contribution in [1.82, 2.24) is 5.32 Å². The zero-order valence-corrected chi connectivity index (χ0v) is 8.06. The predicted octanol–water partition coefficient (Wildman–Crippen LogP) is -0.0160. The maximum atomic E-state index is 10.9. The number of ether oxygens (including phenoxy) is 1. The van der Waals surface area contributed by atoms with E-state index in [0.717, 1.165) is 0 Å². The third-order valence-corrected chi connectivity index (χ3v) is 1.47. The SMILES string of the molecule is COC(=O)CCNC(=O)C(C)S. The van der Waals surface area contributed by atoms with Gasteiger partial charge in [0.05, 0.1) is 18.8 Å². The average Bonchev–Trinajstić information content (AvgIpc) is 2.03. The van der Waals surface area contributed by atoms with Crippen LogP contribution in [0.15, 0.2) is 0 Å². The van der Waals surface area contributed by atoms with Crippen LogP contribution >= 0.6 is 12.6 Å². The first-order chi connectivity index (χ1) is 5.57. The molecule has 0 rings (SSSR count). The molecule has 0 radical (unpaired) electrons. The lowest BCUT2D eigenvalue weighted by atomic mass is 10.4. The summed E-state index contributed by atoms with van der Waals surface area (Å²) in [5.41, 5.74) is 0. The summed E-state index contributed by atoms with van der Waals surface area (Å²) in [4.78, 5) is 21.4. The van der Waals surface area contributed by atoms with E-state index in [1.807, 2.05) is 0 Å². The van der Waals surface area contributed by atoms with Crippen molar-refractivity contribution in [2.45, 2.75) is 18.6 Å². The molecule has 0 bridgehead atoms. The third-order valence-electron chi connectivity index (χ3n) is 1.24. The topological polar surface area (TPSA) is 55.4 Å². The number of carbonyl (C=O) groups excluding carboxylic acids is 2. The molecule has 0 spiro atoms. The maximum absolute atomic E-state index is 10.9. The second-order valence-corrected chi connectivity index (χ2v) is 3.07. The summed E-state index contributed by atoms with van der Waals surface area (Å²) in [6, 6.07) is 0. The lowest BCUT2D eigenvalue weighted by molar-refractivity contribution is -0.140. The van der Waals surface area contributed by atoms with Crippen molar-refractivity contribution in [2.24, 2.45) is 0 Å². The van der Waals surface area contributed by atoms with E-state index in [2.05, 4.69) is 22.7 Å². The van der Waals surface area contributed by atoms with Crippen molar-refractivity contribution in [3.05, 3.63) is 0 Å². The van der Waals surface area contributed by atoms with Gasteiger partial charge < -0.3 is 10.1 Å². The molecule has 70 valence electrons. The molecular weight excluding hydrogens is 178 g/mol. The van der Waals surface area contributed by atoms with Gasteiger partial charge in [-0.2, -0.15) is 12.6 Å². The quantitative estimate of drug-likeness (QED) is 0.485. The molecule has 5 heteroatoms. The van der Waals surface area contributed by atoms with Crippen LogP contribution in [0.1, 0.15) is 13.3 Å². The van der Waals surface area contributed by atoms with Crippen LogP contribution < -0.4 is 5.32 Å². The molecule has 1 N–H and O–H groups in total. The largest absolute Gasteiger partial charge is 0.469 e. The van der Waals surface area contributed by atoms with Gasteiger partial charge in [0.1, 0.15) is 0 Å². The molecule has 1 unspecified atom stereocenters. The van der Waals surface area contributed by atoms with E-state index in [1.165, 1.54) is 7.11 Å². The van der Waals surface area contributed by atoms with E-state index < -0.39 is 0 Å². The average molecular weight is 191 g/mol. The Kier molecular flexibility index (Phi) is 5.53. The zero-order valence-electron chi connectivity index (χ0n) is 7.16. The molecule has 0 aromatic heterocycles. The molecule has 0 heterocycles. The fraction of sp³-hybridized carbons (Fsp3) is 0.714. The van der Waals surface area contributed by atoms with Gasteiger partial charge in [-0.25, -0.2) is 0 Å². The highest BCUT2D eigenvalue weighted by molar-refractivity contribution is 7.81. The van der Waals surface area contributed by atoms with Crippen LogP contribution in [0.4, 0.5) is 0 Å². The molecule has 12 heavy (non-hydrogen) atoms. The Morgan fingerprint density at radius 3 is 2.58 bits per heavy atom. The standard InChI is InChI=1S/C7H13NO3S/c1-5(12)7(10)8-4-3-6(9)11-2/h5,12H,3-4H2,1-2H3,(H,8,10). The fourth-order valence-electron chi connectivity index (χ4n) is 0.538. The molecule has 0 aliphatic rings. The van der Waals surface area contributed by atoms with Crippen molar-refractivity contribution in [3.63, 3.8) is 0 Å². The van der Waals surface area contributed by atoms with E-state index >= 15 is 0 Å². The monoisotopic (exact) mass is 191 g/mol. The molecule has 0 saturated carbocycles. The van der Waals surface area contributed by atoms with E-state index in [1.54, 1.807) is 6.92 Å². The van der Waals surface area contributed by atoms with Gasteiger partial charge in [-0.1, -0.05) is 0 Å². The van der Waals surface area contributed by atoms with Crippen LogP contribution in [0.2, 0.25) is 0 Å². The van der Waals surface area contributed by atoms with Gasteiger partial charge in [-0.15, -0.1) is 0 Å². The molecule has 1 amide bonds. The number of esters is 1. The summed E-state index contributed by atoms with van der Waals surface area (Å²) in [5.74, 6) is -0.510. The van der Waals surface area contributed by atoms with Gasteiger partial charge in [0.15, 0.2) is 0 Å². The number of hydrogen-bond donors (Lipinski definition) is 2. The Morgan fingerprint density at radius 1 is 1.58 bits per heavy atom. The summed E-state index contributed by atoms with van der Waals surface area (Å²) >= 11 is 3.91. The van der Waals surface area contributed by atoms with Crippen LogP contribution in [0.3, 0.4) is 0 Å².